The Kier molecular flexibility index (Phi) is 13.8. The van der Waals surface area contributed by atoms with Crippen LogP contribution in [0.25, 0.3) is 11.1 Å². The number of hydrogen-bond donors (Lipinski definition) is 0. The quantitative estimate of drug-likeness (QED) is 0.192. The molecule has 0 unspecified atom stereocenters. The molecule has 4 rings (SSSR count). The Balaban J connectivity index is 0.000000676. The Morgan fingerprint density at radius 2 is 1.21 bits per heavy atom. The van der Waals surface area contributed by atoms with E-state index in [1.807, 2.05) is 30.3 Å². The Morgan fingerprint density at radius 1 is 0.711 bits per heavy atom. The maximum Gasteiger partial charge on any atom is -0.0132 e. The van der Waals surface area contributed by atoms with Crippen LogP contribution in [0.2, 0.25) is 0 Å². The predicted octanol–water partition coefficient (Wildman–Crippen LogP) is 3.86. The maximum atomic E-state index is 3.67. The predicted molar refractivity (Wildman–Crippen MR) is 157 cm³/mol. The fourth-order valence-corrected chi connectivity index (χ4v) is 4.47. The number of hydrogen-bond acceptors (Lipinski definition) is 0. The molecule has 0 aromatic heterocycles. The van der Waals surface area contributed by atoms with Crippen molar-refractivity contribution in [1.29, 1.82) is 0 Å². The number of rotatable bonds is 0. The minimum atomic E-state index is 0. The van der Waals surface area contributed by atoms with Crippen molar-refractivity contribution < 1.29 is 48.7 Å². The molecule has 0 radical (unpaired) electrons. The van der Waals surface area contributed by atoms with Gasteiger partial charge in [0.2, 0.25) is 0 Å². The molecule has 0 atom stereocenters. The van der Waals surface area contributed by atoms with Gasteiger partial charge in [-0.2, -0.15) is 42.0 Å². The first kappa shape index (κ1) is 37.1. The molecular weight excluding hydrogens is 670 g/mol. The molecule has 1 aliphatic rings. The topological polar surface area (TPSA) is 0 Å². The third-order valence-corrected chi connectivity index (χ3v) is 11.9. The summed E-state index contributed by atoms with van der Waals surface area (Å²) < 4.78 is 1.71. The van der Waals surface area contributed by atoms with Crippen molar-refractivity contribution in [3.05, 3.63) is 89.0 Å². The van der Waals surface area contributed by atoms with Gasteiger partial charge in [0.15, 0.2) is 0 Å². The summed E-state index contributed by atoms with van der Waals surface area (Å²) in [6, 6.07) is 25.2. The Hall–Kier alpha value is -0.890. The Bertz CT molecular complexity index is 1050. The molecule has 0 aliphatic heterocycles. The molecule has 3 aromatic rings. The van der Waals surface area contributed by atoms with Crippen molar-refractivity contribution in [3.63, 3.8) is 0 Å². The average molecular weight is 718 g/mol. The molecule has 0 fully saturated rings. The third-order valence-electron chi connectivity index (χ3n) is 6.52. The van der Waals surface area contributed by atoms with Gasteiger partial charge in [0.1, 0.15) is 0 Å². The summed E-state index contributed by atoms with van der Waals surface area (Å²) in [6.45, 7) is 27.4. The second-order valence-corrected chi connectivity index (χ2v) is 15.9. The van der Waals surface area contributed by atoms with Crippen LogP contribution in [0.5, 0.6) is 0 Å². The van der Waals surface area contributed by atoms with Crippen LogP contribution in [0.3, 0.4) is 0 Å². The van der Waals surface area contributed by atoms with Gasteiger partial charge in [-0.05, 0) is 28.4 Å². The van der Waals surface area contributed by atoms with Crippen molar-refractivity contribution >= 4 is 3.26 Å². The molecule has 0 bridgehead atoms. The average Bonchev–Trinajstić information content (AvgIpc) is 3.41. The van der Waals surface area contributed by atoms with Gasteiger partial charge in [-0.3, -0.25) is 0 Å². The van der Waals surface area contributed by atoms with E-state index in [4.69, 9.17) is 0 Å². The van der Waals surface area contributed by atoms with Gasteiger partial charge < -0.3 is 24.8 Å². The largest absolute Gasteiger partial charge is 1.00 e. The van der Waals surface area contributed by atoms with Crippen molar-refractivity contribution in [2.75, 3.05) is 0 Å². The van der Waals surface area contributed by atoms with Crippen LogP contribution in [0.15, 0.2) is 60.7 Å². The van der Waals surface area contributed by atoms with Gasteiger partial charge in [0, 0.05) is 0 Å². The first-order valence-corrected chi connectivity index (χ1v) is 15.1. The molecule has 3 aromatic carbocycles. The van der Waals surface area contributed by atoms with Crippen LogP contribution < -0.4 is 24.8 Å². The van der Waals surface area contributed by atoms with E-state index < -0.39 is 0 Å². The van der Waals surface area contributed by atoms with E-state index in [2.05, 4.69) is 119 Å². The summed E-state index contributed by atoms with van der Waals surface area (Å²) in [4.78, 5) is 0. The molecule has 0 amide bonds. The number of fused-ring (bicyclic) bond motifs is 3. The standard InChI is InChI=1S/C21H25.C9H18.C5H5.2ClH.Hf/c1-20(2,3)16-7-9-18-14(12-16)11-15-13-17(21(4,5)6)8-10-19(15)18;1-8(2,3)7-9(4,5)6;1-2-4-5-3-1;;;/h7-10,12H,11H2,1-6H3;1-6H3;1-5H;2*1H;/q-1;;-1;;;+2/p-2. The minimum Gasteiger partial charge on any atom is -1.00 e. The van der Waals surface area contributed by atoms with E-state index in [0.29, 0.717) is 10.8 Å². The van der Waals surface area contributed by atoms with E-state index in [1.165, 1.54) is 57.3 Å². The first-order chi connectivity index (χ1) is 16.3. The zero-order valence-corrected chi connectivity index (χ0v) is 30.8. The second-order valence-electron chi connectivity index (χ2n) is 14.2. The molecule has 3 heteroatoms. The van der Waals surface area contributed by atoms with Crippen molar-refractivity contribution in [1.82, 2.24) is 0 Å². The maximum absolute atomic E-state index is 3.67. The van der Waals surface area contributed by atoms with E-state index in [1.54, 1.807) is 3.26 Å². The molecule has 1 aliphatic carbocycles. The number of halogens is 2. The summed E-state index contributed by atoms with van der Waals surface area (Å²) in [6.07, 6.45) is 1.03. The normalized spacial score (nSPS) is 12.4. The summed E-state index contributed by atoms with van der Waals surface area (Å²) >= 11 is 1.22. The van der Waals surface area contributed by atoms with Crippen LogP contribution in [0, 0.1) is 16.9 Å². The van der Waals surface area contributed by atoms with E-state index in [9.17, 15) is 0 Å². The molecule has 0 saturated carbocycles. The summed E-state index contributed by atoms with van der Waals surface area (Å²) in [5, 5.41) is 0. The SMILES string of the molecule is CC(C)(C)[C](=[Hf+2])C(C)(C)C.CC(C)(C)c1[c-]c2c(cc1)-c1ccc(C(C)(C)C)cc1C2.[Cl-].[Cl-].c1cc[cH-]c1. The van der Waals surface area contributed by atoms with E-state index in [-0.39, 0.29) is 35.6 Å². The zero-order valence-electron chi connectivity index (χ0n) is 25.7. The van der Waals surface area contributed by atoms with Gasteiger partial charge in [0.05, 0.1) is 0 Å². The van der Waals surface area contributed by atoms with E-state index >= 15 is 0 Å². The molecule has 0 nitrogen and oxygen atoms in total. The monoisotopic (exact) mass is 718 g/mol. The van der Waals surface area contributed by atoms with E-state index in [0.717, 1.165) is 6.42 Å². The first-order valence-electron chi connectivity index (χ1n) is 13.3. The van der Waals surface area contributed by atoms with Gasteiger partial charge in [-0.1, -0.05) is 65.3 Å². The Morgan fingerprint density at radius 3 is 1.58 bits per heavy atom. The van der Waals surface area contributed by atoms with Crippen LogP contribution in [0.1, 0.15) is 105 Å². The van der Waals surface area contributed by atoms with Crippen LogP contribution in [-0.4, -0.2) is 3.26 Å². The van der Waals surface area contributed by atoms with Gasteiger partial charge >= 0.3 is 79.5 Å². The van der Waals surface area contributed by atoms with Gasteiger partial charge in [-0.15, -0.1) is 11.1 Å². The molecular formula is C35H48Cl2Hf-2. The second kappa shape index (κ2) is 14.1. The molecule has 0 saturated heterocycles. The summed E-state index contributed by atoms with van der Waals surface area (Å²) in [5.41, 5.74) is 9.55. The Labute approximate surface area is 261 Å². The molecule has 0 spiro atoms. The van der Waals surface area contributed by atoms with Crippen LogP contribution >= 0.6 is 0 Å². The van der Waals surface area contributed by atoms with Crippen LogP contribution in [-0.2, 0) is 41.1 Å². The molecule has 0 N–H and O–H groups in total. The fraction of sp³-hybridized carbons (Fsp3) is 0.486. The number of benzene rings is 2. The van der Waals surface area contributed by atoms with Gasteiger partial charge in [-0.25, -0.2) is 12.1 Å². The van der Waals surface area contributed by atoms with Crippen molar-refractivity contribution in [3.8, 4) is 11.1 Å². The fourth-order valence-electron chi connectivity index (χ4n) is 4.47. The summed E-state index contributed by atoms with van der Waals surface area (Å²) in [5.74, 6) is 0. The van der Waals surface area contributed by atoms with Gasteiger partial charge in [0.25, 0.3) is 0 Å². The minimum absolute atomic E-state index is 0. The summed E-state index contributed by atoms with van der Waals surface area (Å²) in [7, 11) is 0. The smallest absolute Gasteiger partial charge is 0.0132 e. The molecule has 38 heavy (non-hydrogen) atoms. The van der Waals surface area contributed by atoms with Crippen molar-refractivity contribution in [2.24, 2.45) is 10.8 Å². The third kappa shape index (κ3) is 10.6. The van der Waals surface area contributed by atoms with Crippen LogP contribution in [0.4, 0.5) is 0 Å². The zero-order chi connectivity index (χ0) is 27.5. The molecule has 208 valence electrons. The molecule has 0 heterocycles. The van der Waals surface area contributed by atoms with Crippen molar-refractivity contribution in [2.45, 2.75) is 100 Å².